The average molecular weight is 352 g/mol. The molecule has 2 N–H and O–H groups in total. The molecular weight excluding hydrogens is 332 g/mol. The number of rotatable bonds is 4. The Morgan fingerprint density at radius 1 is 1.08 bits per heavy atom. The number of hydrogen-bond donors (Lipinski definition) is 2. The molecule has 0 bridgehead atoms. The predicted octanol–water partition coefficient (Wildman–Crippen LogP) is 1.50. The lowest BCUT2D eigenvalue weighted by molar-refractivity contribution is 0.0827. The molecule has 0 saturated carbocycles. The number of H-pyrrole nitrogens is 1. The number of nitrogens with one attached hydrogen (secondary N) is 2. The lowest BCUT2D eigenvalue weighted by atomic mass is 10.1. The van der Waals surface area contributed by atoms with Gasteiger partial charge in [-0.15, -0.1) is 0 Å². The summed E-state index contributed by atoms with van der Waals surface area (Å²) < 4.78 is 1.49. The third-order valence-electron chi connectivity index (χ3n) is 4.23. The van der Waals surface area contributed by atoms with E-state index in [0.29, 0.717) is 23.2 Å². The molecule has 0 aliphatic heterocycles. The van der Waals surface area contributed by atoms with Crippen LogP contribution in [0.4, 0.5) is 0 Å². The van der Waals surface area contributed by atoms with E-state index >= 15 is 0 Å². The maximum Gasteiger partial charge on any atom is 0.326 e. The maximum atomic E-state index is 12.3. The maximum absolute atomic E-state index is 12.3. The minimum absolute atomic E-state index is 0.0641. The Labute approximate surface area is 150 Å². The molecule has 7 nitrogen and oxygen atoms in total. The summed E-state index contributed by atoms with van der Waals surface area (Å²) in [7, 11) is 5.08. The second-order valence-electron chi connectivity index (χ2n) is 6.30. The Kier molecular flexibility index (Phi) is 4.62. The molecule has 2 aromatic carbocycles. The minimum atomic E-state index is -0.231. The van der Waals surface area contributed by atoms with Gasteiger partial charge >= 0.3 is 5.69 Å². The molecule has 3 rings (SSSR count). The van der Waals surface area contributed by atoms with Crippen LogP contribution in [-0.4, -0.2) is 40.4 Å². The van der Waals surface area contributed by atoms with Gasteiger partial charge in [0.1, 0.15) is 0 Å². The zero-order chi connectivity index (χ0) is 18.8. The van der Waals surface area contributed by atoms with E-state index in [-0.39, 0.29) is 17.5 Å². The quantitative estimate of drug-likeness (QED) is 0.746. The monoisotopic (exact) mass is 352 g/mol. The summed E-state index contributed by atoms with van der Waals surface area (Å²) in [6.07, 6.45) is 0. The first-order chi connectivity index (χ1) is 12.4. The van der Waals surface area contributed by atoms with Crippen LogP contribution < -0.4 is 11.0 Å². The summed E-state index contributed by atoms with van der Waals surface area (Å²) in [6, 6.07) is 12.2. The molecule has 7 heteroatoms. The summed E-state index contributed by atoms with van der Waals surface area (Å²) in [4.78, 5) is 40.1. The van der Waals surface area contributed by atoms with E-state index in [1.165, 1.54) is 9.47 Å². The SMILES string of the molecule is CN(C)C(=O)c1ccc(CNC(=O)c2ccc3c(c2)[nH]c(=O)n3C)cc1. The van der Waals surface area contributed by atoms with Gasteiger partial charge < -0.3 is 15.2 Å². The van der Waals surface area contributed by atoms with Crippen molar-refractivity contribution < 1.29 is 9.59 Å². The third kappa shape index (κ3) is 3.37. The minimum Gasteiger partial charge on any atom is -0.348 e. The van der Waals surface area contributed by atoms with Crippen molar-refractivity contribution in [2.24, 2.45) is 7.05 Å². The number of aromatic nitrogens is 2. The van der Waals surface area contributed by atoms with Crippen molar-refractivity contribution in [2.45, 2.75) is 6.54 Å². The molecule has 3 aromatic rings. The summed E-state index contributed by atoms with van der Waals surface area (Å²) >= 11 is 0. The van der Waals surface area contributed by atoms with Gasteiger partial charge in [0, 0.05) is 38.8 Å². The van der Waals surface area contributed by atoms with E-state index in [9.17, 15) is 14.4 Å². The van der Waals surface area contributed by atoms with E-state index in [4.69, 9.17) is 0 Å². The van der Waals surface area contributed by atoms with Crippen LogP contribution in [0.3, 0.4) is 0 Å². The molecular formula is C19H20N4O3. The van der Waals surface area contributed by atoms with Crippen molar-refractivity contribution in [3.05, 3.63) is 69.6 Å². The number of amides is 2. The molecule has 0 saturated heterocycles. The molecule has 2 amide bonds. The first kappa shape index (κ1) is 17.5. The van der Waals surface area contributed by atoms with Crippen LogP contribution in [0.25, 0.3) is 11.0 Å². The number of carbonyl (C=O) groups is 2. The first-order valence-corrected chi connectivity index (χ1v) is 8.14. The second-order valence-corrected chi connectivity index (χ2v) is 6.30. The van der Waals surface area contributed by atoms with Crippen LogP contribution >= 0.6 is 0 Å². The van der Waals surface area contributed by atoms with Crippen molar-refractivity contribution in [3.8, 4) is 0 Å². The zero-order valence-electron chi connectivity index (χ0n) is 14.9. The Balaban J connectivity index is 1.69. The fraction of sp³-hybridized carbons (Fsp3) is 0.211. The van der Waals surface area contributed by atoms with Crippen molar-refractivity contribution in [1.29, 1.82) is 0 Å². The van der Waals surface area contributed by atoms with Gasteiger partial charge in [0.2, 0.25) is 0 Å². The van der Waals surface area contributed by atoms with Crippen molar-refractivity contribution in [3.63, 3.8) is 0 Å². The van der Waals surface area contributed by atoms with Crippen LogP contribution in [0.5, 0.6) is 0 Å². The molecule has 26 heavy (non-hydrogen) atoms. The standard InChI is InChI=1S/C19H20N4O3/c1-22(2)18(25)13-6-4-12(5-7-13)11-20-17(24)14-8-9-16-15(10-14)21-19(26)23(16)3/h4-10H,11H2,1-3H3,(H,20,24)(H,21,26). The Bertz CT molecular complexity index is 1030. The highest BCUT2D eigenvalue weighted by Gasteiger charge is 2.10. The average Bonchev–Trinajstić information content (AvgIpc) is 2.93. The second kappa shape index (κ2) is 6.87. The van der Waals surface area contributed by atoms with Crippen LogP contribution in [0, 0.1) is 0 Å². The summed E-state index contributed by atoms with van der Waals surface area (Å²) in [5.41, 5.74) is 3.11. The Morgan fingerprint density at radius 3 is 2.38 bits per heavy atom. The summed E-state index contributed by atoms with van der Waals surface area (Å²) in [6.45, 7) is 0.346. The number of aromatic amines is 1. The molecule has 0 unspecified atom stereocenters. The Morgan fingerprint density at radius 2 is 1.73 bits per heavy atom. The lowest BCUT2D eigenvalue weighted by Crippen LogP contribution is -2.23. The smallest absolute Gasteiger partial charge is 0.326 e. The van der Waals surface area contributed by atoms with Crippen molar-refractivity contribution in [1.82, 2.24) is 19.8 Å². The third-order valence-corrected chi connectivity index (χ3v) is 4.23. The molecule has 0 atom stereocenters. The van der Waals surface area contributed by atoms with E-state index in [0.717, 1.165) is 11.1 Å². The first-order valence-electron chi connectivity index (χ1n) is 8.14. The Hall–Kier alpha value is -3.35. The van der Waals surface area contributed by atoms with E-state index < -0.39 is 0 Å². The number of imidazole rings is 1. The van der Waals surface area contributed by atoms with Gasteiger partial charge in [-0.05, 0) is 35.9 Å². The van der Waals surface area contributed by atoms with Gasteiger partial charge in [-0.25, -0.2) is 4.79 Å². The number of carbonyl (C=O) groups excluding carboxylic acids is 2. The summed E-state index contributed by atoms with van der Waals surface area (Å²) in [5.74, 6) is -0.296. The normalized spacial score (nSPS) is 10.7. The molecule has 1 aromatic heterocycles. The van der Waals surface area contributed by atoms with Gasteiger partial charge in [-0.1, -0.05) is 12.1 Å². The zero-order valence-corrected chi connectivity index (χ0v) is 14.9. The lowest BCUT2D eigenvalue weighted by Gasteiger charge is -2.11. The fourth-order valence-corrected chi connectivity index (χ4v) is 2.69. The van der Waals surface area contributed by atoms with Crippen molar-refractivity contribution >= 4 is 22.8 Å². The van der Waals surface area contributed by atoms with Crippen LogP contribution in [-0.2, 0) is 13.6 Å². The number of fused-ring (bicyclic) bond motifs is 1. The topological polar surface area (TPSA) is 87.2 Å². The fourth-order valence-electron chi connectivity index (χ4n) is 2.69. The van der Waals surface area contributed by atoms with Crippen molar-refractivity contribution in [2.75, 3.05) is 14.1 Å². The van der Waals surface area contributed by atoms with E-state index in [1.807, 2.05) is 12.1 Å². The van der Waals surface area contributed by atoms with Gasteiger partial charge in [0.15, 0.2) is 0 Å². The van der Waals surface area contributed by atoms with Crippen LogP contribution in [0.2, 0.25) is 0 Å². The highest BCUT2D eigenvalue weighted by Crippen LogP contribution is 2.12. The molecule has 0 aliphatic rings. The van der Waals surface area contributed by atoms with Gasteiger partial charge in [-0.3, -0.25) is 14.2 Å². The molecule has 0 radical (unpaired) electrons. The van der Waals surface area contributed by atoms with E-state index in [2.05, 4.69) is 10.3 Å². The largest absolute Gasteiger partial charge is 0.348 e. The predicted molar refractivity (Wildman–Crippen MR) is 99.2 cm³/mol. The number of hydrogen-bond acceptors (Lipinski definition) is 3. The molecule has 0 aliphatic carbocycles. The van der Waals surface area contributed by atoms with Gasteiger partial charge in [0.05, 0.1) is 11.0 Å². The molecule has 0 spiro atoms. The molecule has 134 valence electrons. The van der Waals surface area contributed by atoms with E-state index in [1.54, 1.807) is 51.5 Å². The van der Waals surface area contributed by atoms with Crippen LogP contribution in [0.1, 0.15) is 26.3 Å². The van der Waals surface area contributed by atoms with Gasteiger partial charge in [0.25, 0.3) is 11.8 Å². The summed E-state index contributed by atoms with van der Waals surface area (Å²) in [5, 5.41) is 2.84. The highest BCUT2D eigenvalue weighted by molar-refractivity contribution is 5.97. The highest BCUT2D eigenvalue weighted by atomic mass is 16.2. The number of aryl methyl sites for hydroxylation is 1. The van der Waals surface area contributed by atoms with Gasteiger partial charge in [-0.2, -0.15) is 0 Å². The molecule has 0 fully saturated rings. The molecule has 1 heterocycles. The van der Waals surface area contributed by atoms with Crippen LogP contribution in [0.15, 0.2) is 47.3 Å². The number of nitrogens with zero attached hydrogens (tertiary/aromatic N) is 2. The number of benzene rings is 2.